The predicted octanol–water partition coefficient (Wildman–Crippen LogP) is 6.32. The molecule has 0 radical (unpaired) electrons. The first-order chi connectivity index (χ1) is 18.1. The van der Waals surface area contributed by atoms with Crippen LogP contribution in [0.4, 0.5) is 10.1 Å². The standard InChI is InChI=1S/C29H21FN6O/c30-20-4-1-3-18(11-20)22-5-2-6-25-26(22)34-28(33-25)27-23-13-17(9-10-24(23)35-36-27)19-12-21(15-31-14-19)32-29(37)16-7-8-16/h1-6,9-16H,7-8H2,(H,32,37)(H,33,34)(H,35,36). The van der Waals surface area contributed by atoms with Crippen molar-refractivity contribution in [3.63, 3.8) is 0 Å². The zero-order chi connectivity index (χ0) is 24.9. The molecule has 1 aliphatic carbocycles. The van der Waals surface area contributed by atoms with Crippen LogP contribution in [0, 0.1) is 11.7 Å². The van der Waals surface area contributed by atoms with Gasteiger partial charge in [-0.2, -0.15) is 5.10 Å². The minimum absolute atomic E-state index is 0.0500. The number of aromatic amines is 2. The molecule has 7 nitrogen and oxygen atoms in total. The van der Waals surface area contributed by atoms with E-state index in [1.54, 1.807) is 18.5 Å². The first-order valence-corrected chi connectivity index (χ1v) is 12.1. The maximum absolute atomic E-state index is 13.9. The summed E-state index contributed by atoms with van der Waals surface area (Å²) in [7, 11) is 0. The number of imidazole rings is 1. The minimum Gasteiger partial charge on any atom is -0.337 e. The summed E-state index contributed by atoms with van der Waals surface area (Å²) in [6.45, 7) is 0. The predicted molar refractivity (Wildman–Crippen MR) is 141 cm³/mol. The molecule has 7 rings (SSSR count). The number of aromatic nitrogens is 5. The van der Waals surface area contributed by atoms with Crippen molar-refractivity contribution in [1.82, 2.24) is 25.1 Å². The quantitative estimate of drug-likeness (QED) is 0.264. The van der Waals surface area contributed by atoms with Crippen molar-refractivity contribution >= 4 is 33.5 Å². The number of hydrogen-bond acceptors (Lipinski definition) is 4. The van der Waals surface area contributed by atoms with Crippen molar-refractivity contribution < 1.29 is 9.18 Å². The fraction of sp³-hybridized carbons (Fsp3) is 0.103. The maximum atomic E-state index is 13.9. The van der Waals surface area contributed by atoms with Crippen LogP contribution in [0.5, 0.6) is 0 Å². The molecular formula is C29H21FN6O. The van der Waals surface area contributed by atoms with Gasteiger partial charge in [0.05, 0.1) is 28.4 Å². The van der Waals surface area contributed by atoms with Crippen molar-refractivity contribution in [2.24, 2.45) is 5.92 Å². The van der Waals surface area contributed by atoms with E-state index in [0.717, 1.165) is 57.0 Å². The van der Waals surface area contributed by atoms with Crippen molar-refractivity contribution in [3.8, 4) is 33.8 Å². The van der Waals surface area contributed by atoms with Crippen molar-refractivity contribution in [1.29, 1.82) is 0 Å². The molecule has 0 unspecified atom stereocenters. The number of halogens is 1. The molecule has 8 heteroatoms. The third-order valence-electron chi connectivity index (χ3n) is 6.72. The van der Waals surface area contributed by atoms with Crippen LogP contribution in [0.3, 0.4) is 0 Å². The van der Waals surface area contributed by atoms with Gasteiger partial charge in [-0.05, 0) is 60.4 Å². The highest BCUT2D eigenvalue weighted by Crippen LogP contribution is 2.34. The number of nitrogens with one attached hydrogen (secondary N) is 3. The van der Waals surface area contributed by atoms with Gasteiger partial charge in [0.15, 0.2) is 5.82 Å². The number of hydrogen-bond donors (Lipinski definition) is 3. The second-order valence-corrected chi connectivity index (χ2v) is 9.36. The number of nitrogens with zero attached hydrogens (tertiary/aromatic N) is 3. The Labute approximate surface area is 210 Å². The second-order valence-electron chi connectivity index (χ2n) is 9.36. The molecular weight excluding hydrogens is 467 g/mol. The van der Waals surface area contributed by atoms with Crippen molar-refractivity contribution in [3.05, 3.63) is 84.9 Å². The van der Waals surface area contributed by atoms with Gasteiger partial charge in [-0.15, -0.1) is 0 Å². The molecule has 3 N–H and O–H groups in total. The first-order valence-electron chi connectivity index (χ1n) is 12.1. The number of rotatable bonds is 5. The number of pyridine rings is 1. The molecule has 0 spiro atoms. The van der Waals surface area contributed by atoms with E-state index in [4.69, 9.17) is 4.98 Å². The summed E-state index contributed by atoms with van der Waals surface area (Å²) in [5, 5.41) is 11.5. The molecule has 3 aromatic carbocycles. The zero-order valence-corrected chi connectivity index (χ0v) is 19.6. The molecule has 6 aromatic rings. The highest BCUT2D eigenvalue weighted by Gasteiger charge is 2.29. The zero-order valence-electron chi connectivity index (χ0n) is 19.6. The summed E-state index contributed by atoms with van der Waals surface area (Å²) in [6.07, 6.45) is 5.34. The Bertz CT molecular complexity index is 1820. The van der Waals surface area contributed by atoms with E-state index in [-0.39, 0.29) is 17.6 Å². The summed E-state index contributed by atoms with van der Waals surface area (Å²) in [5.74, 6) is 0.500. The van der Waals surface area contributed by atoms with Gasteiger partial charge in [-0.1, -0.05) is 30.3 Å². The monoisotopic (exact) mass is 488 g/mol. The number of amides is 1. The molecule has 1 fully saturated rings. The number of carbonyl (C=O) groups excluding carboxylic acids is 1. The largest absolute Gasteiger partial charge is 0.337 e. The summed E-state index contributed by atoms with van der Waals surface area (Å²) < 4.78 is 13.9. The van der Waals surface area contributed by atoms with Crippen LogP contribution in [0.25, 0.3) is 55.7 Å². The Kier molecular flexibility index (Phi) is 4.85. The Balaban J connectivity index is 1.28. The van der Waals surface area contributed by atoms with Gasteiger partial charge >= 0.3 is 0 Å². The van der Waals surface area contributed by atoms with Gasteiger partial charge in [-0.25, -0.2) is 9.37 Å². The average molecular weight is 489 g/mol. The van der Waals surface area contributed by atoms with Gasteiger partial charge < -0.3 is 10.3 Å². The van der Waals surface area contributed by atoms with Gasteiger partial charge in [0.2, 0.25) is 5.91 Å². The van der Waals surface area contributed by atoms with Crippen LogP contribution < -0.4 is 5.32 Å². The van der Waals surface area contributed by atoms with Crippen LogP contribution >= 0.6 is 0 Å². The molecule has 0 bridgehead atoms. The van der Waals surface area contributed by atoms with E-state index in [1.807, 2.05) is 48.5 Å². The Morgan fingerprint density at radius 1 is 0.919 bits per heavy atom. The lowest BCUT2D eigenvalue weighted by molar-refractivity contribution is -0.117. The molecule has 0 atom stereocenters. The third kappa shape index (κ3) is 3.92. The van der Waals surface area contributed by atoms with E-state index >= 15 is 0 Å². The third-order valence-corrected chi connectivity index (χ3v) is 6.72. The van der Waals surface area contributed by atoms with Gasteiger partial charge in [0.1, 0.15) is 11.5 Å². The second kappa shape index (κ2) is 8.37. The maximum Gasteiger partial charge on any atom is 0.227 e. The normalized spacial score (nSPS) is 13.3. The molecule has 1 aliphatic rings. The molecule has 3 aromatic heterocycles. The summed E-state index contributed by atoms with van der Waals surface area (Å²) in [5.41, 5.74) is 7.27. The van der Waals surface area contributed by atoms with Crippen LogP contribution in [0.1, 0.15) is 12.8 Å². The Morgan fingerprint density at radius 2 is 1.81 bits per heavy atom. The molecule has 0 saturated heterocycles. The molecule has 0 aliphatic heterocycles. The SMILES string of the molecule is O=C(Nc1cncc(-c2ccc3[nH]nc(-c4nc5c(-c6cccc(F)c6)cccc5[nH]4)c3c2)c1)C1CC1. The number of anilines is 1. The Hall–Kier alpha value is -4.85. The first kappa shape index (κ1) is 21.4. The number of carbonyl (C=O) groups is 1. The van der Waals surface area contributed by atoms with Crippen LogP contribution in [0.2, 0.25) is 0 Å². The van der Waals surface area contributed by atoms with E-state index < -0.39 is 0 Å². The molecule has 37 heavy (non-hydrogen) atoms. The van der Waals surface area contributed by atoms with Crippen LogP contribution in [-0.2, 0) is 4.79 Å². The van der Waals surface area contributed by atoms with E-state index in [1.165, 1.54) is 12.1 Å². The fourth-order valence-electron chi connectivity index (χ4n) is 4.66. The number of H-pyrrole nitrogens is 2. The molecule has 1 saturated carbocycles. The lowest BCUT2D eigenvalue weighted by Crippen LogP contribution is -2.13. The number of para-hydroxylation sites is 1. The lowest BCUT2D eigenvalue weighted by atomic mass is 10.0. The molecule has 180 valence electrons. The van der Waals surface area contributed by atoms with Crippen LogP contribution in [0.15, 0.2) is 79.1 Å². The topological polar surface area (TPSA) is 99.3 Å². The summed E-state index contributed by atoms with van der Waals surface area (Å²) in [6, 6.07) is 20.2. The number of benzene rings is 3. The lowest BCUT2D eigenvalue weighted by Gasteiger charge is -2.07. The summed E-state index contributed by atoms with van der Waals surface area (Å²) >= 11 is 0. The van der Waals surface area contributed by atoms with E-state index in [9.17, 15) is 9.18 Å². The fourth-order valence-corrected chi connectivity index (χ4v) is 4.66. The van der Waals surface area contributed by atoms with Crippen LogP contribution in [-0.4, -0.2) is 31.1 Å². The minimum atomic E-state index is -0.290. The van der Waals surface area contributed by atoms with Crippen molar-refractivity contribution in [2.45, 2.75) is 12.8 Å². The highest BCUT2D eigenvalue weighted by molar-refractivity contribution is 5.99. The Morgan fingerprint density at radius 3 is 2.68 bits per heavy atom. The van der Waals surface area contributed by atoms with E-state index in [0.29, 0.717) is 17.2 Å². The highest BCUT2D eigenvalue weighted by atomic mass is 19.1. The van der Waals surface area contributed by atoms with Gasteiger partial charge in [-0.3, -0.25) is 14.9 Å². The average Bonchev–Trinajstić information content (AvgIpc) is 3.55. The van der Waals surface area contributed by atoms with Crippen molar-refractivity contribution in [2.75, 3.05) is 5.32 Å². The summed E-state index contributed by atoms with van der Waals surface area (Å²) in [4.78, 5) is 24.8. The van der Waals surface area contributed by atoms with Gasteiger partial charge in [0.25, 0.3) is 0 Å². The molecule has 3 heterocycles. The van der Waals surface area contributed by atoms with Gasteiger partial charge in [0, 0.05) is 28.6 Å². The molecule has 1 amide bonds. The number of fused-ring (bicyclic) bond motifs is 2. The van der Waals surface area contributed by atoms with E-state index in [2.05, 4.69) is 25.5 Å². The smallest absolute Gasteiger partial charge is 0.227 e.